The Bertz CT molecular complexity index is 105. The molecule has 0 fully saturated rings. The van der Waals surface area contributed by atoms with Crippen molar-refractivity contribution in [2.24, 2.45) is 10.8 Å². The van der Waals surface area contributed by atoms with E-state index in [9.17, 15) is 0 Å². The van der Waals surface area contributed by atoms with Crippen LogP contribution < -0.4 is 0 Å². The molecule has 0 aliphatic rings. The second kappa shape index (κ2) is 3.70. The van der Waals surface area contributed by atoms with Crippen LogP contribution in [0.3, 0.4) is 0 Å². The van der Waals surface area contributed by atoms with E-state index in [1.165, 1.54) is 0 Å². The third-order valence-electron chi connectivity index (χ3n) is 2.25. The fraction of sp³-hybridized carbons (Fsp3) is 1.00. The Balaban J connectivity index is 4.43. The van der Waals surface area contributed by atoms with Crippen LogP contribution in [0.5, 0.6) is 0 Å². The normalized spacial score (nSPS) is 15.3. The molecule has 0 atom stereocenters. The first-order valence-electron chi connectivity index (χ1n) is 4.25. The van der Waals surface area contributed by atoms with E-state index in [0.717, 1.165) is 4.75 Å². The fourth-order valence-electron chi connectivity index (χ4n) is 1.76. The quantitative estimate of drug-likeness (QED) is 0.614. The number of halogens is 1. The van der Waals surface area contributed by atoms with Gasteiger partial charge < -0.3 is 0 Å². The number of hydrogen-bond donors (Lipinski definition) is 0. The molecular weight excluding hydrogens is 216 g/mol. The van der Waals surface area contributed by atoms with Gasteiger partial charge in [0.05, 0.1) is 0 Å². The predicted molar refractivity (Wildman–Crippen MR) is 57.1 cm³/mol. The molecule has 68 valence electrons. The molecule has 0 saturated heterocycles. The third kappa shape index (κ3) is 3.84. The zero-order valence-corrected chi connectivity index (χ0v) is 12.4. The molecule has 0 N–H and O–H groups in total. The van der Waals surface area contributed by atoms with Crippen molar-refractivity contribution < 1.29 is 0 Å². The first-order valence-corrected chi connectivity index (χ1v) is 9.86. The SMILES string of the molecule is CC(C)(C)[CH]([GeH2][Cl])C(C)(C)C. The van der Waals surface area contributed by atoms with Gasteiger partial charge in [-0.25, -0.2) is 0 Å². The van der Waals surface area contributed by atoms with E-state index >= 15 is 0 Å². The summed E-state index contributed by atoms with van der Waals surface area (Å²) < 4.78 is 0.768. The van der Waals surface area contributed by atoms with Crippen molar-refractivity contribution in [1.82, 2.24) is 0 Å². The average molecular weight is 237 g/mol. The van der Waals surface area contributed by atoms with Gasteiger partial charge in [-0.15, -0.1) is 0 Å². The van der Waals surface area contributed by atoms with Gasteiger partial charge in [-0.05, 0) is 0 Å². The van der Waals surface area contributed by atoms with Crippen molar-refractivity contribution in [2.75, 3.05) is 0 Å². The summed E-state index contributed by atoms with van der Waals surface area (Å²) in [5.74, 6) is 0. The Hall–Kier alpha value is 0.833. The number of hydrogen-bond acceptors (Lipinski definition) is 0. The summed E-state index contributed by atoms with van der Waals surface area (Å²) in [5, 5.41) is 0. The van der Waals surface area contributed by atoms with Crippen LogP contribution in [0.2, 0.25) is 4.75 Å². The van der Waals surface area contributed by atoms with Crippen molar-refractivity contribution in [3.8, 4) is 0 Å². The van der Waals surface area contributed by atoms with Gasteiger partial charge >= 0.3 is 81.6 Å². The summed E-state index contributed by atoms with van der Waals surface area (Å²) >= 11 is -0.816. The minimum atomic E-state index is -0.816. The Morgan fingerprint density at radius 2 is 1.18 bits per heavy atom. The first kappa shape index (κ1) is 11.8. The van der Waals surface area contributed by atoms with E-state index in [4.69, 9.17) is 10.0 Å². The maximum atomic E-state index is 6.12. The molecule has 0 spiro atoms. The van der Waals surface area contributed by atoms with Crippen LogP contribution in [0.25, 0.3) is 0 Å². The van der Waals surface area contributed by atoms with Crippen molar-refractivity contribution in [3.63, 3.8) is 0 Å². The summed E-state index contributed by atoms with van der Waals surface area (Å²) in [6.07, 6.45) is 0. The van der Waals surface area contributed by atoms with Crippen molar-refractivity contribution in [2.45, 2.75) is 46.3 Å². The van der Waals surface area contributed by atoms with E-state index in [-0.39, 0.29) is 0 Å². The Labute approximate surface area is 81.7 Å². The van der Waals surface area contributed by atoms with Crippen molar-refractivity contribution in [3.05, 3.63) is 0 Å². The number of rotatable bonds is 1. The van der Waals surface area contributed by atoms with Gasteiger partial charge in [-0.3, -0.25) is 0 Å². The van der Waals surface area contributed by atoms with Crippen LogP contribution in [0, 0.1) is 10.8 Å². The van der Waals surface area contributed by atoms with Gasteiger partial charge in [0.2, 0.25) is 0 Å². The molecule has 2 heteroatoms. The molecule has 0 aliphatic heterocycles. The summed E-state index contributed by atoms with van der Waals surface area (Å²) in [5.41, 5.74) is 0.806. The zero-order valence-electron chi connectivity index (χ0n) is 8.66. The summed E-state index contributed by atoms with van der Waals surface area (Å²) in [4.78, 5) is 0. The Kier molecular flexibility index (Phi) is 3.98. The predicted octanol–water partition coefficient (Wildman–Crippen LogP) is 3.19. The van der Waals surface area contributed by atoms with E-state index < -0.39 is 14.5 Å². The second-order valence-electron chi connectivity index (χ2n) is 5.44. The van der Waals surface area contributed by atoms with E-state index in [0.29, 0.717) is 10.8 Å². The molecule has 11 heavy (non-hydrogen) atoms. The molecule has 0 aromatic rings. The van der Waals surface area contributed by atoms with Crippen LogP contribution in [0.4, 0.5) is 0 Å². The van der Waals surface area contributed by atoms with Crippen molar-refractivity contribution in [1.29, 1.82) is 0 Å². The van der Waals surface area contributed by atoms with E-state index in [1.54, 1.807) is 0 Å². The molecule has 0 amide bonds. The standard InChI is InChI=1S/C9H21ClGe/c1-8(2,3)7(11-10)9(4,5)6/h7H,11H2,1-6H3. The van der Waals surface area contributed by atoms with Crippen LogP contribution in [-0.2, 0) is 0 Å². The molecule has 0 heterocycles. The average Bonchev–Trinajstić information content (AvgIpc) is 1.56. The van der Waals surface area contributed by atoms with Crippen LogP contribution in [-0.4, -0.2) is 14.5 Å². The third-order valence-corrected chi connectivity index (χ3v) is 9.64. The molecule has 0 unspecified atom stereocenters. The van der Waals surface area contributed by atoms with Gasteiger partial charge in [0, 0.05) is 0 Å². The maximum absolute atomic E-state index is 6.12. The molecule has 0 saturated carbocycles. The Morgan fingerprint density at radius 3 is 1.18 bits per heavy atom. The van der Waals surface area contributed by atoms with Crippen molar-refractivity contribution >= 4 is 24.5 Å². The molecule has 0 aromatic heterocycles. The zero-order chi connectivity index (χ0) is 9.28. The molecule has 0 aromatic carbocycles. The summed E-state index contributed by atoms with van der Waals surface area (Å²) in [6, 6.07) is 0. The summed E-state index contributed by atoms with van der Waals surface area (Å²) in [6.45, 7) is 13.8. The minimum absolute atomic E-state index is 0.403. The molecule has 0 bridgehead atoms. The molecular formula is C9H21ClGe. The second-order valence-corrected chi connectivity index (χ2v) is 9.40. The van der Waals surface area contributed by atoms with E-state index in [1.807, 2.05) is 0 Å². The molecule has 0 nitrogen and oxygen atoms in total. The van der Waals surface area contributed by atoms with Gasteiger partial charge in [0.25, 0.3) is 0 Å². The first-order chi connectivity index (χ1) is 4.69. The van der Waals surface area contributed by atoms with Crippen LogP contribution >= 0.6 is 10.0 Å². The topological polar surface area (TPSA) is 0 Å². The molecule has 0 rings (SSSR count). The molecule has 0 aliphatic carbocycles. The Morgan fingerprint density at radius 1 is 0.909 bits per heavy atom. The van der Waals surface area contributed by atoms with Gasteiger partial charge in [-0.1, -0.05) is 0 Å². The van der Waals surface area contributed by atoms with Gasteiger partial charge in [0.15, 0.2) is 0 Å². The molecule has 0 radical (unpaired) electrons. The van der Waals surface area contributed by atoms with Gasteiger partial charge in [0.1, 0.15) is 0 Å². The van der Waals surface area contributed by atoms with Gasteiger partial charge in [-0.2, -0.15) is 0 Å². The monoisotopic (exact) mass is 238 g/mol. The van der Waals surface area contributed by atoms with Crippen LogP contribution in [0.15, 0.2) is 0 Å². The van der Waals surface area contributed by atoms with E-state index in [2.05, 4.69) is 41.5 Å². The van der Waals surface area contributed by atoms with Crippen LogP contribution in [0.1, 0.15) is 41.5 Å². The summed E-state index contributed by atoms with van der Waals surface area (Å²) in [7, 11) is 6.12. The fourth-order valence-corrected chi connectivity index (χ4v) is 8.52.